The van der Waals surface area contributed by atoms with Crippen LogP contribution in [-0.2, 0) is 6.42 Å². The van der Waals surface area contributed by atoms with Crippen LogP contribution in [0.5, 0.6) is 0 Å². The summed E-state index contributed by atoms with van der Waals surface area (Å²) in [6.07, 6.45) is 3.32. The summed E-state index contributed by atoms with van der Waals surface area (Å²) in [6, 6.07) is 8.55. The van der Waals surface area contributed by atoms with E-state index < -0.39 is 0 Å². The second-order valence-electron chi connectivity index (χ2n) is 4.97. The van der Waals surface area contributed by atoms with Crippen LogP contribution in [0.1, 0.15) is 12.5 Å². The van der Waals surface area contributed by atoms with E-state index in [0.29, 0.717) is 0 Å². The Morgan fingerprint density at radius 1 is 1.31 bits per heavy atom. The maximum absolute atomic E-state index is 3.34. The van der Waals surface area contributed by atoms with Crippen molar-refractivity contribution in [1.29, 1.82) is 0 Å². The number of hydrogen-bond acceptors (Lipinski definition) is 1. The summed E-state index contributed by atoms with van der Waals surface area (Å²) in [7, 11) is 0. The van der Waals surface area contributed by atoms with Gasteiger partial charge in [-0.1, -0.05) is 25.1 Å². The minimum atomic E-state index is 0.906. The number of H-pyrrole nitrogens is 1. The molecule has 2 heteroatoms. The van der Waals surface area contributed by atoms with Crippen molar-refractivity contribution in [1.82, 2.24) is 9.88 Å². The Balaban J connectivity index is 1.70. The van der Waals surface area contributed by atoms with Crippen LogP contribution in [-0.4, -0.2) is 29.5 Å². The fraction of sp³-hybridized carbons (Fsp3) is 0.429. The molecule has 0 amide bonds. The molecule has 0 aliphatic carbocycles. The first kappa shape index (κ1) is 9.91. The molecule has 1 saturated heterocycles. The average Bonchev–Trinajstić information content (AvgIpc) is 2.66. The first-order valence-electron chi connectivity index (χ1n) is 6.10. The van der Waals surface area contributed by atoms with Gasteiger partial charge < -0.3 is 9.88 Å². The van der Waals surface area contributed by atoms with Crippen LogP contribution in [0.3, 0.4) is 0 Å². The van der Waals surface area contributed by atoms with Crippen LogP contribution < -0.4 is 0 Å². The van der Waals surface area contributed by atoms with Crippen molar-refractivity contribution in [2.45, 2.75) is 13.3 Å². The highest BCUT2D eigenvalue weighted by atomic mass is 15.2. The Hall–Kier alpha value is -1.28. The van der Waals surface area contributed by atoms with Crippen LogP contribution in [0.2, 0.25) is 0 Å². The van der Waals surface area contributed by atoms with Gasteiger partial charge in [0.2, 0.25) is 0 Å². The molecule has 0 unspecified atom stereocenters. The minimum absolute atomic E-state index is 0.906. The Morgan fingerprint density at radius 3 is 2.94 bits per heavy atom. The summed E-state index contributed by atoms with van der Waals surface area (Å²) in [5.74, 6) is 0.906. The third-order valence-electron chi connectivity index (χ3n) is 3.51. The van der Waals surface area contributed by atoms with E-state index in [0.717, 1.165) is 12.3 Å². The molecular weight excluding hydrogens is 196 g/mol. The number of para-hydroxylation sites is 1. The van der Waals surface area contributed by atoms with Crippen molar-refractivity contribution in [2.75, 3.05) is 19.6 Å². The zero-order chi connectivity index (χ0) is 11.0. The molecule has 1 N–H and O–H groups in total. The number of rotatable bonds is 3. The number of nitrogens with zero attached hydrogens (tertiary/aromatic N) is 1. The Morgan fingerprint density at radius 2 is 2.12 bits per heavy atom. The van der Waals surface area contributed by atoms with Gasteiger partial charge in [-0.05, 0) is 24.0 Å². The fourth-order valence-corrected chi connectivity index (χ4v) is 2.63. The van der Waals surface area contributed by atoms with Gasteiger partial charge in [0, 0.05) is 36.7 Å². The summed E-state index contributed by atoms with van der Waals surface area (Å²) in [4.78, 5) is 5.87. The van der Waals surface area contributed by atoms with Gasteiger partial charge in [0.25, 0.3) is 0 Å². The Bertz CT molecular complexity index is 480. The predicted octanol–water partition coefficient (Wildman–Crippen LogP) is 2.66. The number of aromatic nitrogens is 1. The molecule has 0 bridgehead atoms. The lowest BCUT2D eigenvalue weighted by atomic mass is 10.0. The third kappa shape index (κ3) is 1.74. The second kappa shape index (κ2) is 3.95. The molecule has 2 nitrogen and oxygen atoms in total. The Labute approximate surface area is 96.3 Å². The maximum Gasteiger partial charge on any atom is 0.0456 e. The lowest BCUT2D eigenvalue weighted by molar-refractivity contribution is 0.115. The molecule has 2 heterocycles. The average molecular weight is 214 g/mol. The van der Waals surface area contributed by atoms with E-state index in [-0.39, 0.29) is 0 Å². The van der Waals surface area contributed by atoms with E-state index in [1.165, 1.54) is 36.1 Å². The van der Waals surface area contributed by atoms with E-state index in [4.69, 9.17) is 0 Å². The van der Waals surface area contributed by atoms with Gasteiger partial charge in [-0.25, -0.2) is 0 Å². The van der Waals surface area contributed by atoms with Crippen molar-refractivity contribution < 1.29 is 0 Å². The van der Waals surface area contributed by atoms with E-state index in [1.54, 1.807) is 0 Å². The molecule has 1 aromatic carbocycles. The van der Waals surface area contributed by atoms with Crippen molar-refractivity contribution in [3.8, 4) is 0 Å². The standard InChI is InChI=1S/C14H18N2/c1-11-9-16(10-11)7-6-12-8-15-14-5-3-2-4-13(12)14/h2-5,8,11,15H,6-7,9-10H2,1H3. The number of fused-ring (bicyclic) bond motifs is 1. The van der Waals surface area contributed by atoms with Crippen LogP contribution in [0.25, 0.3) is 10.9 Å². The molecule has 0 spiro atoms. The molecule has 0 radical (unpaired) electrons. The quantitative estimate of drug-likeness (QED) is 0.832. The van der Waals surface area contributed by atoms with Gasteiger partial charge in [0.15, 0.2) is 0 Å². The topological polar surface area (TPSA) is 19.0 Å². The fourth-order valence-electron chi connectivity index (χ4n) is 2.63. The van der Waals surface area contributed by atoms with Crippen molar-refractivity contribution in [2.24, 2.45) is 5.92 Å². The highest BCUT2D eigenvalue weighted by Crippen LogP contribution is 2.20. The minimum Gasteiger partial charge on any atom is -0.361 e. The highest BCUT2D eigenvalue weighted by Gasteiger charge is 2.21. The van der Waals surface area contributed by atoms with Crippen LogP contribution in [0, 0.1) is 5.92 Å². The molecule has 1 fully saturated rings. The molecule has 0 saturated carbocycles. The molecule has 84 valence electrons. The summed E-state index contributed by atoms with van der Waals surface area (Å²) in [6.45, 7) is 6.08. The van der Waals surface area contributed by atoms with Crippen molar-refractivity contribution >= 4 is 10.9 Å². The van der Waals surface area contributed by atoms with Gasteiger partial charge in [-0.2, -0.15) is 0 Å². The maximum atomic E-state index is 3.34. The van der Waals surface area contributed by atoms with Gasteiger partial charge in [0.05, 0.1) is 0 Å². The second-order valence-corrected chi connectivity index (χ2v) is 4.97. The van der Waals surface area contributed by atoms with Gasteiger partial charge >= 0.3 is 0 Å². The Kier molecular flexibility index (Phi) is 2.44. The van der Waals surface area contributed by atoms with Crippen LogP contribution in [0.4, 0.5) is 0 Å². The third-order valence-corrected chi connectivity index (χ3v) is 3.51. The molecular formula is C14H18N2. The van der Waals surface area contributed by atoms with Crippen molar-refractivity contribution in [3.05, 3.63) is 36.0 Å². The normalized spacial score (nSPS) is 17.8. The van der Waals surface area contributed by atoms with Crippen LogP contribution in [0.15, 0.2) is 30.5 Å². The zero-order valence-electron chi connectivity index (χ0n) is 9.74. The highest BCUT2D eigenvalue weighted by molar-refractivity contribution is 5.83. The first-order chi connectivity index (χ1) is 7.83. The van der Waals surface area contributed by atoms with E-state index >= 15 is 0 Å². The number of nitrogens with one attached hydrogen (secondary N) is 1. The first-order valence-corrected chi connectivity index (χ1v) is 6.10. The lowest BCUT2D eigenvalue weighted by Gasteiger charge is -2.37. The summed E-state index contributed by atoms with van der Waals surface area (Å²) < 4.78 is 0. The van der Waals surface area contributed by atoms with Crippen LogP contribution >= 0.6 is 0 Å². The van der Waals surface area contributed by atoms with E-state index in [9.17, 15) is 0 Å². The van der Waals surface area contributed by atoms with Gasteiger partial charge in [-0.3, -0.25) is 0 Å². The molecule has 16 heavy (non-hydrogen) atoms. The number of likely N-dealkylation sites (tertiary alicyclic amines) is 1. The van der Waals surface area contributed by atoms with Gasteiger partial charge in [-0.15, -0.1) is 0 Å². The number of aromatic amines is 1. The largest absolute Gasteiger partial charge is 0.361 e. The summed E-state index contributed by atoms with van der Waals surface area (Å²) >= 11 is 0. The smallest absolute Gasteiger partial charge is 0.0456 e. The summed E-state index contributed by atoms with van der Waals surface area (Å²) in [5.41, 5.74) is 2.71. The molecule has 2 aromatic rings. The van der Waals surface area contributed by atoms with Crippen molar-refractivity contribution in [3.63, 3.8) is 0 Å². The number of hydrogen-bond donors (Lipinski definition) is 1. The zero-order valence-corrected chi connectivity index (χ0v) is 9.74. The molecule has 3 rings (SSSR count). The molecule has 1 aliphatic rings. The SMILES string of the molecule is CC1CN(CCc2c[nH]c3ccccc23)C1. The van der Waals surface area contributed by atoms with Gasteiger partial charge in [0.1, 0.15) is 0 Å². The monoisotopic (exact) mass is 214 g/mol. The lowest BCUT2D eigenvalue weighted by Crippen LogP contribution is -2.45. The summed E-state index contributed by atoms with van der Waals surface area (Å²) in [5, 5.41) is 1.39. The number of benzene rings is 1. The molecule has 1 aliphatic heterocycles. The predicted molar refractivity (Wildman–Crippen MR) is 67.6 cm³/mol. The van der Waals surface area contributed by atoms with E-state index in [1.807, 2.05) is 0 Å². The molecule has 1 aromatic heterocycles. The molecule has 0 atom stereocenters. The van der Waals surface area contributed by atoms with E-state index in [2.05, 4.69) is 47.3 Å².